The van der Waals surface area contributed by atoms with Gasteiger partial charge in [0.05, 0.1) is 17.6 Å². The first-order valence-electron chi connectivity index (χ1n) is 4.78. The fourth-order valence-corrected chi connectivity index (χ4v) is 1.30. The van der Waals surface area contributed by atoms with E-state index in [2.05, 4.69) is 10.1 Å². The van der Waals surface area contributed by atoms with E-state index in [1.54, 1.807) is 0 Å². The fourth-order valence-electron chi connectivity index (χ4n) is 1.30. The second-order valence-corrected chi connectivity index (χ2v) is 3.25. The van der Waals surface area contributed by atoms with Crippen molar-refractivity contribution in [3.63, 3.8) is 0 Å². The lowest BCUT2D eigenvalue weighted by Crippen LogP contribution is -2.26. The lowest BCUT2D eigenvalue weighted by atomic mass is 10.1. The van der Waals surface area contributed by atoms with Crippen LogP contribution in [-0.2, 0) is 14.3 Å². The van der Waals surface area contributed by atoms with Crippen LogP contribution in [0.15, 0.2) is 34.8 Å². The molecular weight excluding hydrogens is 256 g/mol. The molecule has 9 nitrogen and oxygen atoms in total. The number of primary amides is 1. The Hall–Kier alpha value is -3.15. The first-order chi connectivity index (χ1) is 8.92. The minimum absolute atomic E-state index is 0.125. The number of methoxy groups -OCH3 is 1. The number of nitriles is 1. The Morgan fingerprint density at radius 3 is 2.63 bits per heavy atom. The summed E-state index contributed by atoms with van der Waals surface area (Å²) in [5.41, 5.74) is 3.21. The predicted octanol–water partition coefficient (Wildman–Crippen LogP) is -0.930. The van der Waals surface area contributed by atoms with Crippen molar-refractivity contribution in [3.05, 3.63) is 44.9 Å². The first kappa shape index (κ1) is 13.9. The van der Waals surface area contributed by atoms with Crippen molar-refractivity contribution in [2.75, 3.05) is 7.11 Å². The zero-order valence-electron chi connectivity index (χ0n) is 9.67. The van der Waals surface area contributed by atoms with Gasteiger partial charge in [-0.15, -0.1) is 0 Å². The number of dihydropyridines is 1. The van der Waals surface area contributed by atoms with Crippen LogP contribution in [-0.4, -0.2) is 23.9 Å². The zero-order chi connectivity index (χ0) is 14.6. The molecule has 1 amide bonds. The Morgan fingerprint density at radius 2 is 2.21 bits per heavy atom. The van der Waals surface area contributed by atoms with Gasteiger partial charge in [0.25, 0.3) is 11.6 Å². The number of carbonyl (C=O) groups is 2. The number of rotatable bonds is 3. The molecule has 0 aromatic carbocycles. The van der Waals surface area contributed by atoms with Gasteiger partial charge in [-0.2, -0.15) is 5.26 Å². The first-order valence-corrected chi connectivity index (χ1v) is 4.78. The van der Waals surface area contributed by atoms with Crippen LogP contribution in [0.1, 0.15) is 0 Å². The minimum atomic E-state index is -1.12. The van der Waals surface area contributed by atoms with E-state index in [1.165, 1.54) is 6.07 Å². The molecule has 0 saturated carbocycles. The van der Waals surface area contributed by atoms with Gasteiger partial charge in [0.15, 0.2) is 0 Å². The number of nitrogens with zero attached hydrogens (tertiary/aromatic N) is 2. The highest BCUT2D eigenvalue weighted by Gasteiger charge is 2.29. The van der Waals surface area contributed by atoms with Crippen LogP contribution in [0.2, 0.25) is 0 Å². The molecule has 0 saturated heterocycles. The molecule has 19 heavy (non-hydrogen) atoms. The van der Waals surface area contributed by atoms with Crippen molar-refractivity contribution >= 4 is 11.9 Å². The summed E-state index contributed by atoms with van der Waals surface area (Å²) in [5, 5.41) is 22.0. The summed E-state index contributed by atoms with van der Waals surface area (Å²) >= 11 is 0. The molecular formula is C10H8N4O5. The van der Waals surface area contributed by atoms with Gasteiger partial charge >= 0.3 is 5.97 Å². The Morgan fingerprint density at radius 1 is 1.58 bits per heavy atom. The van der Waals surface area contributed by atoms with Crippen LogP contribution < -0.4 is 11.1 Å². The fraction of sp³-hybridized carbons (Fsp3) is 0.100. The van der Waals surface area contributed by atoms with E-state index >= 15 is 0 Å². The SMILES string of the molecule is COC(=O)C1=CN/C(=C(/C#N)C(N)=O)C([N+](=O)[O-])=C1. The number of nitro groups is 1. The molecule has 0 radical (unpaired) electrons. The lowest BCUT2D eigenvalue weighted by molar-refractivity contribution is -0.421. The number of carbonyl (C=O) groups excluding carboxylic acids is 2. The maximum atomic E-state index is 11.2. The predicted molar refractivity (Wildman–Crippen MR) is 60.1 cm³/mol. The van der Waals surface area contributed by atoms with Crippen LogP contribution in [0, 0.1) is 21.4 Å². The second-order valence-electron chi connectivity index (χ2n) is 3.25. The summed E-state index contributed by atoms with van der Waals surface area (Å²) in [5.74, 6) is -1.92. The van der Waals surface area contributed by atoms with E-state index in [0.29, 0.717) is 0 Å². The molecule has 0 unspecified atom stereocenters. The number of nitrogens with two attached hydrogens (primary N) is 1. The molecule has 1 aliphatic heterocycles. The van der Waals surface area contributed by atoms with Gasteiger partial charge in [0, 0.05) is 12.3 Å². The van der Waals surface area contributed by atoms with Crippen molar-refractivity contribution in [1.82, 2.24) is 5.32 Å². The summed E-state index contributed by atoms with van der Waals surface area (Å²) in [7, 11) is 1.11. The third-order valence-corrected chi connectivity index (χ3v) is 2.15. The van der Waals surface area contributed by atoms with Crippen molar-refractivity contribution in [1.29, 1.82) is 5.26 Å². The number of amides is 1. The highest BCUT2D eigenvalue weighted by Crippen LogP contribution is 2.20. The van der Waals surface area contributed by atoms with Gasteiger partial charge < -0.3 is 15.8 Å². The van der Waals surface area contributed by atoms with Gasteiger partial charge in [-0.05, 0) is 0 Å². The lowest BCUT2D eigenvalue weighted by Gasteiger charge is -2.12. The maximum absolute atomic E-state index is 11.2. The number of nitrogens with one attached hydrogen (secondary N) is 1. The minimum Gasteiger partial charge on any atom is -0.465 e. The van der Waals surface area contributed by atoms with E-state index in [-0.39, 0.29) is 11.3 Å². The third-order valence-electron chi connectivity index (χ3n) is 2.15. The molecule has 0 bridgehead atoms. The van der Waals surface area contributed by atoms with E-state index in [0.717, 1.165) is 19.4 Å². The van der Waals surface area contributed by atoms with Crippen LogP contribution in [0.3, 0.4) is 0 Å². The molecule has 0 aliphatic carbocycles. The maximum Gasteiger partial charge on any atom is 0.339 e. The molecule has 1 rings (SSSR count). The highest BCUT2D eigenvalue weighted by molar-refractivity contribution is 5.98. The van der Waals surface area contributed by atoms with Gasteiger partial charge in [0.2, 0.25) is 0 Å². The van der Waals surface area contributed by atoms with E-state index in [1.807, 2.05) is 0 Å². The molecule has 0 aromatic heterocycles. The summed E-state index contributed by atoms with van der Waals surface area (Å²) in [6.45, 7) is 0. The monoisotopic (exact) mass is 264 g/mol. The Balaban J connectivity index is 3.38. The summed E-state index contributed by atoms with van der Waals surface area (Å²) in [6, 6.07) is 1.47. The number of ether oxygens (including phenoxy) is 1. The molecule has 98 valence electrons. The Labute approximate surface area is 106 Å². The largest absolute Gasteiger partial charge is 0.465 e. The molecule has 0 fully saturated rings. The van der Waals surface area contributed by atoms with Gasteiger partial charge in [-0.25, -0.2) is 4.79 Å². The molecule has 0 aromatic rings. The molecule has 1 aliphatic rings. The van der Waals surface area contributed by atoms with Gasteiger partial charge in [-0.1, -0.05) is 0 Å². The molecule has 3 N–H and O–H groups in total. The molecule has 0 atom stereocenters. The third kappa shape index (κ3) is 2.75. The standard InChI is InChI=1S/C10H8N4O5/c1-19-10(16)5-2-7(14(17)18)8(13-4-5)6(3-11)9(12)15/h2,4,13H,1H3,(H2,12,15)/b8-6-. The van der Waals surface area contributed by atoms with Crippen molar-refractivity contribution in [2.45, 2.75) is 0 Å². The van der Waals surface area contributed by atoms with Crippen LogP contribution >= 0.6 is 0 Å². The summed E-state index contributed by atoms with van der Waals surface area (Å²) in [4.78, 5) is 32.3. The Bertz CT molecular complexity index is 594. The van der Waals surface area contributed by atoms with Crippen LogP contribution in [0.5, 0.6) is 0 Å². The quantitative estimate of drug-likeness (QED) is 0.220. The second kappa shape index (κ2) is 5.46. The van der Waals surface area contributed by atoms with Crippen molar-refractivity contribution < 1.29 is 19.2 Å². The van der Waals surface area contributed by atoms with Gasteiger partial charge in [-0.3, -0.25) is 14.9 Å². The topological polar surface area (TPSA) is 148 Å². The van der Waals surface area contributed by atoms with Crippen LogP contribution in [0.25, 0.3) is 0 Å². The molecule has 1 heterocycles. The average Bonchev–Trinajstić information content (AvgIpc) is 2.38. The highest BCUT2D eigenvalue weighted by atomic mass is 16.6. The van der Waals surface area contributed by atoms with Crippen molar-refractivity contribution in [2.24, 2.45) is 5.73 Å². The average molecular weight is 264 g/mol. The van der Waals surface area contributed by atoms with E-state index in [4.69, 9.17) is 11.0 Å². The van der Waals surface area contributed by atoms with E-state index < -0.39 is 28.1 Å². The normalized spacial score (nSPS) is 16.2. The Kier molecular flexibility index (Phi) is 4.00. The smallest absolute Gasteiger partial charge is 0.339 e. The number of esters is 1. The summed E-state index contributed by atoms with van der Waals surface area (Å²) in [6.07, 6.45) is 1.96. The molecule has 9 heteroatoms. The van der Waals surface area contributed by atoms with Gasteiger partial charge in [0.1, 0.15) is 17.3 Å². The van der Waals surface area contributed by atoms with Crippen LogP contribution in [0.4, 0.5) is 0 Å². The van der Waals surface area contributed by atoms with E-state index in [9.17, 15) is 19.7 Å². The zero-order valence-corrected chi connectivity index (χ0v) is 9.67. The number of hydrogen-bond donors (Lipinski definition) is 2. The summed E-state index contributed by atoms with van der Waals surface area (Å²) < 4.78 is 4.40. The number of hydrogen-bond acceptors (Lipinski definition) is 7. The van der Waals surface area contributed by atoms with Crippen molar-refractivity contribution in [3.8, 4) is 6.07 Å². The molecule has 0 spiro atoms.